The zero-order valence-electron chi connectivity index (χ0n) is 24.0. The summed E-state index contributed by atoms with van der Waals surface area (Å²) in [5.41, 5.74) is 1.90. The molecule has 0 saturated heterocycles. The molecule has 222 valence electrons. The fourth-order valence-electron chi connectivity index (χ4n) is 5.32. The summed E-state index contributed by atoms with van der Waals surface area (Å²) in [4.78, 5) is 41.6. The van der Waals surface area contributed by atoms with Gasteiger partial charge in [0.2, 0.25) is 5.76 Å². The molecule has 0 N–H and O–H groups in total. The Morgan fingerprint density at radius 2 is 1.64 bits per heavy atom. The highest BCUT2D eigenvalue weighted by Gasteiger charge is 2.44. The van der Waals surface area contributed by atoms with Gasteiger partial charge >= 0.3 is 5.97 Å². The first-order valence-corrected chi connectivity index (χ1v) is 14.2. The molecule has 5 aromatic rings. The number of carbonyl (C=O) groups excluding carboxylic acids is 2. The Labute approximate surface area is 252 Å². The van der Waals surface area contributed by atoms with Gasteiger partial charge in [0, 0.05) is 5.69 Å². The molecule has 0 fully saturated rings. The van der Waals surface area contributed by atoms with E-state index in [2.05, 4.69) is 0 Å². The molecule has 1 aliphatic heterocycles. The lowest BCUT2D eigenvalue weighted by Gasteiger charge is -2.26. The van der Waals surface area contributed by atoms with Gasteiger partial charge in [-0.05, 0) is 79.6 Å². The second-order valence-corrected chi connectivity index (χ2v) is 10.1. The zero-order chi connectivity index (χ0) is 30.8. The van der Waals surface area contributed by atoms with Crippen molar-refractivity contribution >= 4 is 28.5 Å². The van der Waals surface area contributed by atoms with Crippen molar-refractivity contribution in [1.82, 2.24) is 0 Å². The monoisotopic (exact) mass is 593 g/mol. The molecule has 1 aliphatic rings. The van der Waals surface area contributed by atoms with E-state index < -0.39 is 29.2 Å². The average molecular weight is 594 g/mol. The number of carbonyl (C=O) groups is 2. The van der Waals surface area contributed by atoms with E-state index in [1.807, 2.05) is 37.3 Å². The predicted octanol–water partition coefficient (Wildman–Crippen LogP) is 6.84. The standard InChI is InChI=1S/C35H28FNO7/c1-3-41-29-18-23(12-16-28(29)43-20-21-8-6-5-7-9-21)31-30-32(38)26-19-24(36)13-17-27(26)44-33(30)34(39)37(31)25-14-10-22(11-15-25)35(40)42-4-2/h5-19,31H,3-4,20H2,1-2H3. The van der Waals surface area contributed by atoms with E-state index in [1.165, 1.54) is 17.0 Å². The second kappa shape index (κ2) is 12.0. The van der Waals surface area contributed by atoms with Gasteiger partial charge in [0.05, 0.1) is 35.8 Å². The lowest BCUT2D eigenvalue weighted by molar-refractivity contribution is 0.0526. The summed E-state index contributed by atoms with van der Waals surface area (Å²) < 4.78 is 37.3. The number of hydrogen-bond donors (Lipinski definition) is 0. The van der Waals surface area contributed by atoms with Crippen molar-refractivity contribution in [2.75, 3.05) is 18.1 Å². The Kier molecular flexibility index (Phi) is 7.85. The van der Waals surface area contributed by atoms with Crippen LogP contribution in [0.5, 0.6) is 11.5 Å². The summed E-state index contributed by atoms with van der Waals surface area (Å²) >= 11 is 0. The molecule has 1 aromatic heterocycles. The molecule has 0 aliphatic carbocycles. The van der Waals surface area contributed by atoms with Crippen LogP contribution in [-0.4, -0.2) is 25.1 Å². The number of anilines is 1. The first kappa shape index (κ1) is 28.7. The molecule has 1 amide bonds. The smallest absolute Gasteiger partial charge is 0.338 e. The van der Waals surface area contributed by atoms with Crippen molar-refractivity contribution in [2.45, 2.75) is 26.5 Å². The molecular weight excluding hydrogens is 565 g/mol. The SMILES string of the molecule is CCOC(=O)c1ccc(N2C(=O)c3oc4ccc(F)cc4c(=O)c3C2c2ccc(OCc3ccccc3)c(OCC)c2)cc1. The van der Waals surface area contributed by atoms with Crippen LogP contribution in [0.4, 0.5) is 10.1 Å². The number of halogens is 1. The predicted molar refractivity (Wildman–Crippen MR) is 162 cm³/mol. The summed E-state index contributed by atoms with van der Waals surface area (Å²) in [7, 11) is 0. The summed E-state index contributed by atoms with van der Waals surface area (Å²) in [5, 5.41) is 0.0221. The van der Waals surface area contributed by atoms with Crippen LogP contribution in [0.2, 0.25) is 0 Å². The average Bonchev–Trinajstić information content (AvgIpc) is 3.33. The highest BCUT2D eigenvalue weighted by atomic mass is 19.1. The highest BCUT2D eigenvalue weighted by molar-refractivity contribution is 6.10. The van der Waals surface area contributed by atoms with E-state index in [1.54, 1.807) is 49.4 Å². The number of rotatable bonds is 9. The minimum atomic E-state index is -0.947. The molecule has 0 radical (unpaired) electrons. The van der Waals surface area contributed by atoms with Gasteiger partial charge in [-0.3, -0.25) is 14.5 Å². The Bertz CT molecular complexity index is 1920. The third-order valence-corrected chi connectivity index (χ3v) is 7.31. The molecule has 1 atom stereocenters. The second-order valence-electron chi connectivity index (χ2n) is 10.1. The summed E-state index contributed by atoms with van der Waals surface area (Å²) in [6.45, 7) is 4.43. The van der Waals surface area contributed by atoms with E-state index in [0.29, 0.717) is 41.5 Å². The van der Waals surface area contributed by atoms with Gasteiger partial charge in [0.25, 0.3) is 5.91 Å². The summed E-state index contributed by atoms with van der Waals surface area (Å²) in [6, 6.07) is 23.9. The zero-order valence-corrected chi connectivity index (χ0v) is 24.0. The molecule has 8 nitrogen and oxygen atoms in total. The first-order chi connectivity index (χ1) is 21.4. The van der Waals surface area contributed by atoms with E-state index in [-0.39, 0.29) is 28.9 Å². The summed E-state index contributed by atoms with van der Waals surface area (Å²) in [6.07, 6.45) is 0. The van der Waals surface area contributed by atoms with Gasteiger partial charge in [-0.15, -0.1) is 0 Å². The third kappa shape index (κ3) is 5.28. The van der Waals surface area contributed by atoms with Crippen LogP contribution >= 0.6 is 0 Å². The Hall–Kier alpha value is -5.44. The van der Waals surface area contributed by atoms with E-state index in [9.17, 15) is 18.8 Å². The first-order valence-electron chi connectivity index (χ1n) is 14.2. The maximum absolute atomic E-state index is 14.2. The normalized spacial score (nSPS) is 14.0. The number of benzene rings is 4. The van der Waals surface area contributed by atoms with Crippen LogP contribution in [0.25, 0.3) is 11.0 Å². The summed E-state index contributed by atoms with van der Waals surface area (Å²) in [5.74, 6) is -0.882. The van der Waals surface area contributed by atoms with Crippen LogP contribution in [0.15, 0.2) is 100 Å². The number of fused-ring (bicyclic) bond motifs is 2. The van der Waals surface area contributed by atoms with Crippen molar-refractivity contribution in [2.24, 2.45) is 0 Å². The van der Waals surface area contributed by atoms with Crippen molar-refractivity contribution in [3.63, 3.8) is 0 Å². The van der Waals surface area contributed by atoms with E-state index in [4.69, 9.17) is 18.6 Å². The lowest BCUT2D eigenvalue weighted by atomic mass is 9.97. The molecule has 0 spiro atoms. The molecule has 0 saturated carbocycles. The Morgan fingerprint density at radius 1 is 0.864 bits per heavy atom. The third-order valence-electron chi connectivity index (χ3n) is 7.31. The van der Waals surface area contributed by atoms with Crippen LogP contribution in [-0.2, 0) is 11.3 Å². The molecule has 0 bridgehead atoms. The van der Waals surface area contributed by atoms with E-state index in [0.717, 1.165) is 11.6 Å². The highest BCUT2D eigenvalue weighted by Crippen LogP contribution is 2.43. The van der Waals surface area contributed by atoms with Crippen LogP contribution in [0, 0.1) is 5.82 Å². The Balaban J connectivity index is 1.48. The van der Waals surface area contributed by atoms with Crippen molar-refractivity contribution < 1.29 is 32.6 Å². The van der Waals surface area contributed by atoms with Crippen molar-refractivity contribution in [1.29, 1.82) is 0 Å². The fourth-order valence-corrected chi connectivity index (χ4v) is 5.32. The van der Waals surface area contributed by atoms with Gasteiger partial charge < -0.3 is 18.6 Å². The van der Waals surface area contributed by atoms with Crippen molar-refractivity contribution in [3.05, 3.63) is 135 Å². The molecule has 6 rings (SSSR count). The minimum Gasteiger partial charge on any atom is -0.490 e. The molecule has 1 unspecified atom stereocenters. The maximum atomic E-state index is 14.2. The number of nitrogens with zero attached hydrogens (tertiary/aromatic N) is 1. The largest absolute Gasteiger partial charge is 0.490 e. The number of amides is 1. The number of ether oxygens (including phenoxy) is 3. The maximum Gasteiger partial charge on any atom is 0.338 e. The van der Waals surface area contributed by atoms with Crippen LogP contribution in [0.1, 0.15) is 57.5 Å². The van der Waals surface area contributed by atoms with Crippen LogP contribution < -0.4 is 19.8 Å². The lowest BCUT2D eigenvalue weighted by Crippen LogP contribution is -2.29. The van der Waals surface area contributed by atoms with Gasteiger partial charge in [-0.25, -0.2) is 9.18 Å². The molecule has 9 heteroatoms. The van der Waals surface area contributed by atoms with Crippen molar-refractivity contribution in [3.8, 4) is 11.5 Å². The Morgan fingerprint density at radius 3 is 2.36 bits per heavy atom. The van der Waals surface area contributed by atoms with Crippen LogP contribution in [0.3, 0.4) is 0 Å². The fraction of sp³-hybridized carbons (Fsp3) is 0.171. The molecule has 44 heavy (non-hydrogen) atoms. The number of hydrogen-bond acceptors (Lipinski definition) is 7. The molecular formula is C35H28FNO7. The minimum absolute atomic E-state index is 0.0221. The van der Waals surface area contributed by atoms with Gasteiger partial charge in [-0.2, -0.15) is 0 Å². The van der Waals surface area contributed by atoms with Gasteiger partial charge in [0.15, 0.2) is 16.9 Å². The quantitative estimate of drug-likeness (QED) is 0.173. The van der Waals surface area contributed by atoms with Gasteiger partial charge in [-0.1, -0.05) is 36.4 Å². The topological polar surface area (TPSA) is 95.3 Å². The van der Waals surface area contributed by atoms with E-state index >= 15 is 0 Å². The van der Waals surface area contributed by atoms with Gasteiger partial charge in [0.1, 0.15) is 18.0 Å². The molecule has 2 heterocycles. The number of esters is 1. The molecule has 4 aromatic carbocycles.